The van der Waals surface area contributed by atoms with E-state index in [-0.39, 0.29) is 16.7 Å². The second-order valence-corrected chi connectivity index (χ2v) is 12.8. The number of hydrogen-bond acceptors (Lipinski definition) is 5. The van der Waals surface area contributed by atoms with E-state index in [1.807, 2.05) is 36.4 Å². The molecule has 0 bridgehead atoms. The molecule has 35 heavy (non-hydrogen) atoms. The molecular formula is C28H31N3O3S. The fourth-order valence-electron chi connectivity index (χ4n) is 6.09. The molecule has 3 aromatic rings. The minimum atomic E-state index is -3.40. The third-order valence-electron chi connectivity index (χ3n) is 8.37. The Morgan fingerprint density at radius 1 is 0.886 bits per heavy atom. The summed E-state index contributed by atoms with van der Waals surface area (Å²) in [6, 6.07) is 17.3. The van der Waals surface area contributed by atoms with Gasteiger partial charge < -0.3 is 5.32 Å². The average molecular weight is 490 g/mol. The molecule has 0 radical (unpaired) electrons. The van der Waals surface area contributed by atoms with Gasteiger partial charge in [0.05, 0.1) is 22.4 Å². The summed E-state index contributed by atoms with van der Waals surface area (Å²) in [6.07, 6.45) is 7.90. The molecule has 3 fully saturated rings. The van der Waals surface area contributed by atoms with Gasteiger partial charge in [-0.1, -0.05) is 30.3 Å². The number of aromatic amines is 1. The summed E-state index contributed by atoms with van der Waals surface area (Å²) in [6.45, 7) is 0.446. The fourth-order valence-corrected chi connectivity index (χ4v) is 7.85. The van der Waals surface area contributed by atoms with Crippen molar-refractivity contribution >= 4 is 15.6 Å². The zero-order chi connectivity index (χ0) is 24.0. The molecule has 1 unspecified atom stereocenters. The summed E-state index contributed by atoms with van der Waals surface area (Å²) in [5.41, 5.74) is 3.94. The van der Waals surface area contributed by atoms with Crippen LogP contribution in [0.15, 0.2) is 65.7 Å². The summed E-state index contributed by atoms with van der Waals surface area (Å²) < 4.78 is 26.9. The molecule has 2 aromatic carbocycles. The Morgan fingerprint density at radius 3 is 2.31 bits per heavy atom. The standard InChI is InChI=1S/C28H31N3O3S/c32-27-18-29-28(17-25(27)20-4-5-20)13-10-24(11-14-28)35(33,34)23-8-6-19(7-9-23)21-2-1-3-22(16-21)26-12-15-30-31-26/h1-3,6-9,12,15-16,20,24-25,29H,4-5,10-11,13-14,17-18H2,(H,30,31). The number of nitrogens with one attached hydrogen (secondary N) is 2. The smallest absolute Gasteiger partial charge is 0.181 e. The third kappa shape index (κ3) is 4.36. The average Bonchev–Trinajstić information content (AvgIpc) is 3.59. The van der Waals surface area contributed by atoms with Crippen molar-refractivity contribution in [3.05, 3.63) is 60.8 Å². The third-order valence-corrected chi connectivity index (χ3v) is 10.7. The van der Waals surface area contributed by atoms with Gasteiger partial charge >= 0.3 is 0 Å². The van der Waals surface area contributed by atoms with Gasteiger partial charge in [0.25, 0.3) is 0 Å². The molecule has 2 aliphatic carbocycles. The summed E-state index contributed by atoms with van der Waals surface area (Å²) in [7, 11) is -3.40. The van der Waals surface area contributed by atoms with E-state index in [0.717, 1.165) is 41.6 Å². The SMILES string of the molecule is O=C1CNC2(CCC(S(=O)(=O)c3ccc(-c4cccc(-c5ccn[nH]5)c4)cc3)CC2)CC1C1CC1. The maximum absolute atomic E-state index is 13.5. The van der Waals surface area contributed by atoms with Crippen LogP contribution in [0.2, 0.25) is 0 Å². The van der Waals surface area contributed by atoms with Crippen LogP contribution in [0.3, 0.4) is 0 Å². The zero-order valence-electron chi connectivity index (χ0n) is 19.7. The summed E-state index contributed by atoms with van der Waals surface area (Å²) >= 11 is 0. The maximum atomic E-state index is 13.5. The Balaban J connectivity index is 1.15. The Morgan fingerprint density at radius 2 is 1.63 bits per heavy atom. The number of carbonyl (C=O) groups is 1. The Bertz CT molecular complexity index is 1320. The Kier molecular flexibility index (Phi) is 5.65. The first-order valence-electron chi connectivity index (χ1n) is 12.7. The van der Waals surface area contributed by atoms with E-state index in [4.69, 9.17) is 0 Å². The number of aromatic nitrogens is 2. The topological polar surface area (TPSA) is 91.9 Å². The van der Waals surface area contributed by atoms with E-state index in [9.17, 15) is 13.2 Å². The normalized spacial score (nSPS) is 27.3. The number of hydrogen-bond donors (Lipinski definition) is 2. The highest BCUT2D eigenvalue weighted by Crippen LogP contribution is 2.46. The lowest BCUT2D eigenvalue weighted by molar-refractivity contribution is -0.126. The molecule has 6 rings (SSSR count). The number of piperidine rings is 1. The first kappa shape index (κ1) is 22.7. The van der Waals surface area contributed by atoms with E-state index < -0.39 is 9.84 Å². The lowest BCUT2D eigenvalue weighted by Crippen LogP contribution is -2.57. The van der Waals surface area contributed by atoms with Crippen LogP contribution in [0, 0.1) is 11.8 Å². The number of rotatable bonds is 5. The van der Waals surface area contributed by atoms with Gasteiger partial charge in [-0.2, -0.15) is 5.10 Å². The number of carbonyl (C=O) groups excluding carboxylic acids is 1. The fraction of sp³-hybridized carbons (Fsp3) is 0.429. The molecule has 7 heteroatoms. The second-order valence-electron chi connectivity index (χ2n) is 10.6. The van der Waals surface area contributed by atoms with Crippen LogP contribution in [-0.4, -0.2) is 41.7 Å². The second kappa shape index (κ2) is 8.71. The molecule has 1 aromatic heterocycles. The predicted octanol–water partition coefficient (Wildman–Crippen LogP) is 4.79. The van der Waals surface area contributed by atoms with Crippen molar-refractivity contribution in [3.63, 3.8) is 0 Å². The number of sulfone groups is 1. The number of benzene rings is 2. The van der Waals surface area contributed by atoms with Crippen LogP contribution in [0.1, 0.15) is 44.9 Å². The highest BCUT2D eigenvalue weighted by atomic mass is 32.2. The highest BCUT2D eigenvalue weighted by Gasteiger charge is 2.48. The molecule has 2 saturated carbocycles. The molecule has 3 aliphatic rings. The van der Waals surface area contributed by atoms with Crippen LogP contribution >= 0.6 is 0 Å². The molecule has 2 N–H and O–H groups in total. The van der Waals surface area contributed by atoms with Crippen molar-refractivity contribution in [2.24, 2.45) is 11.8 Å². The molecule has 1 atom stereocenters. The predicted molar refractivity (Wildman–Crippen MR) is 135 cm³/mol. The molecule has 182 valence electrons. The molecule has 6 nitrogen and oxygen atoms in total. The number of ketones is 1. The summed E-state index contributed by atoms with van der Waals surface area (Å²) in [4.78, 5) is 12.8. The van der Waals surface area contributed by atoms with Gasteiger partial charge in [-0.15, -0.1) is 0 Å². The minimum Gasteiger partial charge on any atom is -0.304 e. The Labute approximate surface area is 206 Å². The van der Waals surface area contributed by atoms with Gasteiger partial charge in [0.15, 0.2) is 9.84 Å². The number of nitrogens with zero attached hydrogens (tertiary/aromatic N) is 1. The largest absolute Gasteiger partial charge is 0.304 e. The quantitative estimate of drug-likeness (QED) is 0.538. The molecule has 1 saturated heterocycles. The van der Waals surface area contributed by atoms with E-state index in [1.165, 1.54) is 12.8 Å². The van der Waals surface area contributed by atoms with E-state index in [0.29, 0.717) is 36.0 Å². The first-order valence-corrected chi connectivity index (χ1v) is 14.2. The molecule has 0 amide bonds. The summed E-state index contributed by atoms with van der Waals surface area (Å²) in [5, 5.41) is 10.1. The van der Waals surface area contributed by atoms with Crippen LogP contribution < -0.4 is 5.32 Å². The van der Waals surface area contributed by atoms with Gasteiger partial charge in [0.2, 0.25) is 0 Å². The monoisotopic (exact) mass is 489 g/mol. The number of H-pyrrole nitrogens is 1. The highest BCUT2D eigenvalue weighted by molar-refractivity contribution is 7.92. The lowest BCUT2D eigenvalue weighted by Gasteiger charge is -2.45. The maximum Gasteiger partial charge on any atom is 0.181 e. The van der Waals surface area contributed by atoms with Crippen molar-refractivity contribution in [1.29, 1.82) is 0 Å². The van der Waals surface area contributed by atoms with Gasteiger partial charge in [-0.05, 0) is 86.3 Å². The summed E-state index contributed by atoms with van der Waals surface area (Å²) in [5.74, 6) is 1.11. The van der Waals surface area contributed by atoms with Crippen molar-refractivity contribution < 1.29 is 13.2 Å². The Hall–Kier alpha value is -2.77. The van der Waals surface area contributed by atoms with Crippen LogP contribution in [0.25, 0.3) is 22.4 Å². The van der Waals surface area contributed by atoms with Crippen LogP contribution in [0.4, 0.5) is 0 Å². The lowest BCUT2D eigenvalue weighted by atomic mass is 9.71. The van der Waals surface area contributed by atoms with Crippen LogP contribution in [-0.2, 0) is 14.6 Å². The zero-order valence-corrected chi connectivity index (χ0v) is 20.6. The number of Topliss-reactive ketones (excluding diaryl/α,β-unsaturated/α-hetero) is 1. The van der Waals surface area contributed by atoms with Crippen molar-refractivity contribution in [3.8, 4) is 22.4 Å². The van der Waals surface area contributed by atoms with Gasteiger partial charge in [0, 0.05) is 23.2 Å². The first-order chi connectivity index (χ1) is 16.9. The molecule has 2 heterocycles. The van der Waals surface area contributed by atoms with E-state index >= 15 is 0 Å². The van der Waals surface area contributed by atoms with Crippen molar-refractivity contribution in [1.82, 2.24) is 15.5 Å². The molecule has 1 aliphatic heterocycles. The van der Waals surface area contributed by atoms with E-state index in [1.54, 1.807) is 18.3 Å². The van der Waals surface area contributed by atoms with Gasteiger partial charge in [0.1, 0.15) is 5.78 Å². The van der Waals surface area contributed by atoms with Crippen molar-refractivity contribution in [2.75, 3.05) is 6.54 Å². The van der Waals surface area contributed by atoms with Gasteiger partial charge in [-0.3, -0.25) is 9.89 Å². The van der Waals surface area contributed by atoms with Crippen LogP contribution in [0.5, 0.6) is 0 Å². The minimum absolute atomic E-state index is 0.0588. The molecule has 1 spiro atoms. The van der Waals surface area contributed by atoms with Gasteiger partial charge in [-0.25, -0.2) is 8.42 Å². The molecular weight excluding hydrogens is 458 g/mol. The van der Waals surface area contributed by atoms with Crippen molar-refractivity contribution in [2.45, 2.75) is 60.6 Å². The van der Waals surface area contributed by atoms with E-state index in [2.05, 4.69) is 21.6 Å².